The van der Waals surface area contributed by atoms with E-state index in [0.29, 0.717) is 26.9 Å². The van der Waals surface area contributed by atoms with E-state index in [9.17, 15) is 9.59 Å². The zero-order valence-electron chi connectivity index (χ0n) is 16.9. The van der Waals surface area contributed by atoms with E-state index in [2.05, 4.69) is 10.5 Å². The van der Waals surface area contributed by atoms with Gasteiger partial charge in [0.1, 0.15) is 11.5 Å². The van der Waals surface area contributed by atoms with Gasteiger partial charge in [-0.15, -0.1) is 0 Å². The number of nitrogens with one attached hydrogen (secondary N) is 1. The van der Waals surface area contributed by atoms with Gasteiger partial charge in [-0.3, -0.25) is 4.79 Å². The van der Waals surface area contributed by atoms with Crippen LogP contribution in [0.1, 0.15) is 21.5 Å². The lowest BCUT2D eigenvalue weighted by Crippen LogP contribution is -2.17. The molecule has 3 rings (SSSR count). The minimum atomic E-state index is -0.584. The summed E-state index contributed by atoms with van der Waals surface area (Å²) in [5, 5.41) is 4.96. The molecule has 162 valence electrons. The van der Waals surface area contributed by atoms with Crippen LogP contribution < -0.4 is 14.9 Å². The van der Waals surface area contributed by atoms with E-state index in [4.69, 9.17) is 32.7 Å². The number of hydrogen-bond donors (Lipinski definition) is 1. The first kappa shape index (κ1) is 23.1. The topological polar surface area (TPSA) is 77.0 Å². The molecule has 6 nitrogen and oxygen atoms in total. The highest BCUT2D eigenvalue weighted by Crippen LogP contribution is 2.22. The number of hydrazone groups is 1. The van der Waals surface area contributed by atoms with Crippen LogP contribution >= 0.6 is 23.2 Å². The first-order valence-electron chi connectivity index (χ1n) is 9.37. The average Bonchev–Trinajstić information content (AvgIpc) is 2.80. The molecule has 0 aromatic heterocycles. The zero-order valence-corrected chi connectivity index (χ0v) is 18.4. The monoisotopic (exact) mass is 468 g/mol. The predicted octanol–water partition coefficient (Wildman–Crippen LogP) is 5.38. The molecule has 3 aromatic carbocycles. The molecule has 3 aromatic rings. The molecule has 0 spiro atoms. The number of carbonyl (C=O) groups excluding carboxylic acids is 2. The fourth-order valence-electron chi connectivity index (χ4n) is 2.56. The van der Waals surface area contributed by atoms with Gasteiger partial charge in [-0.05, 0) is 66.2 Å². The van der Waals surface area contributed by atoms with Gasteiger partial charge in [-0.2, -0.15) is 5.10 Å². The van der Waals surface area contributed by atoms with Crippen LogP contribution in [0.4, 0.5) is 0 Å². The molecule has 0 aliphatic carbocycles. The van der Waals surface area contributed by atoms with Crippen molar-refractivity contribution in [2.75, 3.05) is 7.11 Å². The number of nitrogens with zero attached hydrogens (tertiary/aromatic N) is 1. The summed E-state index contributed by atoms with van der Waals surface area (Å²) in [7, 11) is 1.54. The van der Waals surface area contributed by atoms with Gasteiger partial charge in [0.15, 0.2) is 0 Å². The lowest BCUT2D eigenvalue weighted by atomic mass is 10.2. The van der Waals surface area contributed by atoms with Gasteiger partial charge in [0.25, 0.3) is 5.91 Å². The van der Waals surface area contributed by atoms with Crippen LogP contribution in [-0.2, 0) is 4.79 Å². The standard InChI is InChI=1S/C24H18Cl2N2O4/c1-31-21-10-5-17(6-11-21)24(30)28-27-15-18-14-20(26)9-12-22(18)32-23(29)13-4-16-2-7-19(25)8-3-16/h2-15H,1H3,(H,28,30)/b13-4+,27-15+. The van der Waals surface area contributed by atoms with Gasteiger partial charge in [0.2, 0.25) is 0 Å². The van der Waals surface area contributed by atoms with Gasteiger partial charge < -0.3 is 9.47 Å². The summed E-state index contributed by atoms with van der Waals surface area (Å²) in [5.41, 5.74) is 4.04. The first-order valence-corrected chi connectivity index (χ1v) is 10.1. The Morgan fingerprint density at radius 1 is 0.938 bits per heavy atom. The van der Waals surface area contributed by atoms with Crippen LogP contribution in [-0.4, -0.2) is 25.2 Å². The van der Waals surface area contributed by atoms with Crippen LogP contribution in [0.25, 0.3) is 6.08 Å². The Morgan fingerprint density at radius 2 is 1.62 bits per heavy atom. The maximum Gasteiger partial charge on any atom is 0.336 e. The molecule has 32 heavy (non-hydrogen) atoms. The SMILES string of the molecule is COc1ccc(C(=O)N/N=C/c2cc(Cl)ccc2OC(=O)/C=C/c2ccc(Cl)cc2)cc1. The second kappa shape index (κ2) is 11.1. The van der Waals surface area contributed by atoms with Gasteiger partial charge >= 0.3 is 5.97 Å². The van der Waals surface area contributed by atoms with Crippen molar-refractivity contribution in [3.8, 4) is 11.5 Å². The van der Waals surface area contributed by atoms with E-state index in [1.54, 1.807) is 79.9 Å². The molecule has 0 aliphatic heterocycles. The number of benzene rings is 3. The summed E-state index contributed by atoms with van der Waals surface area (Å²) in [5.74, 6) is -0.113. The van der Waals surface area contributed by atoms with Crippen LogP contribution in [0, 0.1) is 0 Å². The fraction of sp³-hybridized carbons (Fsp3) is 0.0417. The summed E-state index contributed by atoms with van der Waals surface area (Å²) in [6.45, 7) is 0. The van der Waals surface area contributed by atoms with Crippen LogP contribution in [0.3, 0.4) is 0 Å². The molecule has 0 radical (unpaired) electrons. The smallest absolute Gasteiger partial charge is 0.336 e. The maximum absolute atomic E-state index is 12.2. The number of amides is 1. The van der Waals surface area contributed by atoms with Gasteiger partial charge in [-0.25, -0.2) is 10.2 Å². The third-order valence-electron chi connectivity index (χ3n) is 4.19. The average molecular weight is 469 g/mol. The first-order chi connectivity index (χ1) is 15.4. The highest BCUT2D eigenvalue weighted by atomic mass is 35.5. The maximum atomic E-state index is 12.2. The van der Waals surface area contributed by atoms with Crippen LogP contribution in [0.15, 0.2) is 77.9 Å². The number of rotatable bonds is 7. The minimum absolute atomic E-state index is 0.239. The third-order valence-corrected chi connectivity index (χ3v) is 4.67. The molecule has 1 amide bonds. The Hall–Kier alpha value is -3.61. The molecule has 0 saturated heterocycles. The number of carbonyl (C=O) groups is 2. The van der Waals surface area contributed by atoms with E-state index in [0.717, 1.165) is 5.56 Å². The third kappa shape index (κ3) is 6.70. The Balaban J connectivity index is 1.66. The number of halogens is 2. The second-order valence-electron chi connectivity index (χ2n) is 6.42. The van der Waals surface area contributed by atoms with E-state index in [-0.39, 0.29) is 5.75 Å². The Labute approximate surface area is 195 Å². The molecule has 1 N–H and O–H groups in total. The molecular weight excluding hydrogens is 451 g/mol. The largest absolute Gasteiger partial charge is 0.497 e. The molecular formula is C24H18Cl2N2O4. The summed E-state index contributed by atoms with van der Waals surface area (Å²) in [4.78, 5) is 24.4. The summed E-state index contributed by atoms with van der Waals surface area (Å²) >= 11 is 11.9. The van der Waals surface area contributed by atoms with Crippen molar-refractivity contribution in [2.24, 2.45) is 5.10 Å². The van der Waals surface area contributed by atoms with Crippen molar-refractivity contribution in [1.82, 2.24) is 5.43 Å². The lowest BCUT2D eigenvalue weighted by Gasteiger charge is -2.06. The quantitative estimate of drug-likeness (QED) is 0.166. The molecule has 0 saturated carbocycles. The van der Waals surface area contributed by atoms with Crippen molar-refractivity contribution >= 4 is 47.4 Å². The number of ether oxygens (including phenoxy) is 2. The molecule has 0 atom stereocenters. The van der Waals surface area contributed by atoms with Gasteiger partial charge in [0, 0.05) is 27.2 Å². The van der Waals surface area contributed by atoms with Crippen molar-refractivity contribution in [2.45, 2.75) is 0 Å². The molecule has 0 unspecified atom stereocenters. The highest BCUT2D eigenvalue weighted by Gasteiger charge is 2.08. The second-order valence-corrected chi connectivity index (χ2v) is 7.29. The fourth-order valence-corrected chi connectivity index (χ4v) is 2.87. The molecule has 8 heteroatoms. The van der Waals surface area contributed by atoms with Crippen molar-refractivity contribution in [3.05, 3.63) is 99.5 Å². The predicted molar refractivity (Wildman–Crippen MR) is 126 cm³/mol. The van der Waals surface area contributed by atoms with E-state index in [1.807, 2.05) is 0 Å². The van der Waals surface area contributed by atoms with Gasteiger partial charge in [0.05, 0.1) is 13.3 Å². The lowest BCUT2D eigenvalue weighted by molar-refractivity contribution is -0.128. The molecule has 0 heterocycles. The normalized spacial score (nSPS) is 11.0. The van der Waals surface area contributed by atoms with Crippen molar-refractivity contribution in [3.63, 3.8) is 0 Å². The van der Waals surface area contributed by atoms with Gasteiger partial charge in [-0.1, -0.05) is 35.3 Å². The van der Waals surface area contributed by atoms with E-state index >= 15 is 0 Å². The van der Waals surface area contributed by atoms with E-state index in [1.165, 1.54) is 12.3 Å². The summed E-state index contributed by atoms with van der Waals surface area (Å²) in [6.07, 6.45) is 4.25. The summed E-state index contributed by atoms with van der Waals surface area (Å²) in [6, 6.07) is 18.3. The van der Waals surface area contributed by atoms with Crippen LogP contribution in [0.2, 0.25) is 10.0 Å². The Morgan fingerprint density at radius 3 is 2.31 bits per heavy atom. The molecule has 0 aliphatic rings. The number of esters is 1. The number of methoxy groups -OCH3 is 1. The summed E-state index contributed by atoms with van der Waals surface area (Å²) < 4.78 is 10.5. The minimum Gasteiger partial charge on any atom is -0.497 e. The zero-order chi connectivity index (χ0) is 22.9. The Kier molecular flexibility index (Phi) is 8.02. The van der Waals surface area contributed by atoms with Crippen LogP contribution in [0.5, 0.6) is 11.5 Å². The molecule has 0 fully saturated rings. The Bertz CT molecular complexity index is 1160. The van der Waals surface area contributed by atoms with E-state index < -0.39 is 11.9 Å². The number of hydrogen-bond acceptors (Lipinski definition) is 5. The van der Waals surface area contributed by atoms with Crippen molar-refractivity contribution in [1.29, 1.82) is 0 Å². The highest BCUT2D eigenvalue weighted by molar-refractivity contribution is 6.31. The molecule has 0 bridgehead atoms. The van der Waals surface area contributed by atoms with Crippen molar-refractivity contribution < 1.29 is 19.1 Å².